The summed E-state index contributed by atoms with van der Waals surface area (Å²) >= 11 is 0. The predicted molar refractivity (Wildman–Crippen MR) is 148 cm³/mol. The molecule has 0 aliphatic carbocycles. The van der Waals surface area contributed by atoms with E-state index in [1.54, 1.807) is 36.5 Å². The first-order chi connectivity index (χ1) is 18.9. The van der Waals surface area contributed by atoms with Crippen molar-refractivity contribution in [2.75, 3.05) is 23.9 Å². The maximum atomic E-state index is 14.9. The Morgan fingerprint density at radius 3 is 2.54 bits per heavy atom. The van der Waals surface area contributed by atoms with Crippen LogP contribution in [0.3, 0.4) is 0 Å². The van der Waals surface area contributed by atoms with Crippen LogP contribution in [0.1, 0.15) is 18.1 Å². The minimum atomic E-state index is -0.982. The van der Waals surface area contributed by atoms with Crippen molar-refractivity contribution in [3.05, 3.63) is 89.9 Å². The molecule has 1 N–H and O–H groups in total. The van der Waals surface area contributed by atoms with E-state index in [1.165, 1.54) is 12.1 Å². The van der Waals surface area contributed by atoms with Crippen LogP contribution >= 0.6 is 0 Å². The van der Waals surface area contributed by atoms with Crippen molar-refractivity contribution < 1.29 is 17.7 Å². The zero-order valence-electron chi connectivity index (χ0n) is 21.4. The van der Waals surface area contributed by atoms with Crippen LogP contribution in [0.4, 0.5) is 20.3 Å². The van der Waals surface area contributed by atoms with E-state index in [-0.39, 0.29) is 17.9 Å². The van der Waals surface area contributed by atoms with E-state index in [1.807, 2.05) is 36.4 Å². The zero-order valence-corrected chi connectivity index (χ0v) is 22.2. The summed E-state index contributed by atoms with van der Waals surface area (Å²) in [7, 11) is -0.982. The number of pyridine rings is 1. The lowest BCUT2D eigenvalue weighted by Gasteiger charge is -2.11. The molecule has 0 spiro atoms. The van der Waals surface area contributed by atoms with Crippen molar-refractivity contribution in [2.45, 2.75) is 19.9 Å². The quantitative estimate of drug-likeness (QED) is 0.254. The minimum Gasteiger partial charge on any atom is -0.494 e. The van der Waals surface area contributed by atoms with Gasteiger partial charge in [-0.2, -0.15) is 5.10 Å². The second-order valence-corrected chi connectivity index (χ2v) is 10.3. The van der Waals surface area contributed by atoms with Crippen molar-refractivity contribution in [1.82, 2.24) is 24.7 Å². The van der Waals surface area contributed by atoms with Crippen LogP contribution in [-0.2, 0) is 23.8 Å². The Balaban J connectivity index is 1.56. The standard InChI is InChI=1S/C28H26F2N6O2S/c1-3-38-20-14-23(29)22(24(30)15-20)17-36-25-7-5-4-6-21(25)26(35-36)28-32-16-18(10-13-39(2)37)27(34-28)33-19-8-11-31-12-9-19/h4-9,11-12,14-16H,3,10,13,17H2,1-2H3,(H,31,32,33,34). The molecule has 0 radical (unpaired) electrons. The number of benzene rings is 2. The van der Waals surface area contributed by atoms with Crippen LogP contribution in [0.25, 0.3) is 22.4 Å². The molecule has 8 nitrogen and oxygen atoms in total. The molecule has 3 aromatic heterocycles. The lowest BCUT2D eigenvalue weighted by Crippen LogP contribution is -2.08. The van der Waals surface area contributed by atoms with Gasteiger partial charge in [0.15, 0.2) is 5.82 Å². The number of fused-ring (bicyclic) bond motifs is 1. The maximum Gasteiger partial charge on any atom is 0.182 e. The van der Waals surface area contributed by atoms with Crippen LogP contribution < -0.4 is 10.1 Å². The van der Waals surface area contributed by atoms with Crippen molar-refractivity contribution in [1.29, 1.82) is 0 Å². The number of nitrogens with zero attached hydrogens (tertiary/aromatic N) is 5. The summed E-state index contributed by atoms with van der Waals surface area (Å²) in [6, 6.07) is 13.4. The topological polar surface area (TPSA) is 94.8 Å². The van der Waals surface area contributed by atoms with Gasteiger partial charge in [-0.05, 0) is 31.5 Å². The van der Waals surface area contributed by atoms with E-state index < -0.39 is 22.4 Å². The number of ether oxygens (including phenoxy) is 1. The van der Waals surface area contributed by atoms with Crippen LogP contribution in [0.5, 0.6) is 5.75 Å². The van der Waals surface area contributed by atoms with Gasteiger partial charge in [-0.3, -0.25) is 13.9 Å². The highest BCUT2D eigenvalue weighted by Crippen LogP contribution is 2.30. The highest BCUT2D eigenvalue weighted by molar-refractivity contribution is 7.84. The van der Waals surface area contributed by atoms with Gasteiger partial charge < -0.3 is 10.1 Å². The molecule has 1 unspecified atom stereocenters. The van der Waals surface area contributed by atoms with Crippen LogP contribution in [0, 0.1) is 11.6 Å². The van der Waals surface area contributed by atoms with Crippen molar-refractivity contribution in [2.24, 2.45) is 0 Å². The highest BCUT2D eigenvalue weighted by Gasteiger charge is 2.20. The summed E-state index contributed by atoms with van der Waals surface area (Å²) in [6.07, 6.45) is 7.19. The van der Waals surface area contributed by atoms with E-state index >= 15 is 0 Å². The average Bonchev–Trinajstić information content (AvgIpc) is 3.29. The fourth-order valence-electron chi connectivity index (χ4n) is 4.18. The Kier molecular flexibility index (Phi) is 7.87. The SMILES string of the molecule is CCOc1cc(F)c(Cn2nc(-c3ncc(CCS(C)=O)c(Nc4ccncc4)n3)c3ccccc32)c(F)c1. The Bertz CT molecular complexity index is 1620. The van der Waals surface area contributed by atoms with Gasteiger partial charge in [0.25, 0.3) is 0 Å². The van der Waals surface area contributed by atoms with Crippen molar-refractivity contribution in [3.63, 3.8) is 0 Å². The fourth-order valence-corrected chi connectivity index (χ4v) is 4.69. The summed E-state index contributed by atoms with van der Waals surface area (Å²) in [5.41, 5.74) is 2.61. The maximum absolute atomic E-state index is 14.9. The van der Waals surface area contributed by atoms with Gasteiger partial charge in [0.1, 0.15) is 28.9 Å². The summed E-state index contributed by atoms with van der Waals surface area (Å²) in [5.74, 6) is 0.0748. The number of hydrogen-bond donors (Lipinski definition) is 1. The summed E-state index contributed by atoms with van der Waals surface area (Å²) < 4.78 is 48.3. The molecule has 0 saturated heterocycles. The smallest absolute Gasteiger partial charge is 0.182 e. The predicted octanol–water partition coefficient (Wildman–Crippen LogP) is 5.28. The number of aryl methyl sites for hydroxylation is 1. The van der Waals surface area contributed by atoms with Crippen LogP contribution in [0.2, 0.25) is 0 Å². The molecular formula is C28H26F2N6O2S. The van der Waals surface area contributed by atoms with E-state index in [0.29, 0.717) is 41.6 Å². The number of para-hydroxylation sites is 1. The third kappa shape index (κ3) is 5.93. The van der Waals surface area contributed by atoms with Gasteiger partial charge in [-0.25, -0.2) is 18.7 Å². The molecule has 5 rings (SSSR count). The Hall–Kier alpha value is -4.25. The van der Waals surface area contributed by atoms with Crippen LogP contribution in [-0.4, -0.2) is 47.6 Å². The molecule has 3 heterocycles. The van der Waals surface area contributed by atoms with Crippen molar-refractivity contribution >= 4 is 33.2 Å². The lowest BCUT2D eigenvalue weighted by atomic mass is 10.1. The fraction of sp³-hybridized carbons (Fsp3) is 0.214. The molecule has 0 fully saturated rings. The summed E-state index contributed by atoms with van der Waals surface area (Å²) in [6.45, 7) is 1.92. The summed E-state index contributed by atoms with van der Waals surface area (Å²) in [4.78, 5) is 13.4. The van der Waals surface area contributed by atoms with E-state index in [9.17, 15) is 13.0 Å². The number of halogens is 2. The molecule has 39 heavy (non-hydrogen) atoms. The molecule has 0 amide bonds. The lowest BCUT2D eigenvalue weighted by molar-refractivity contribution is 0.335. The van der Waals surface area contributed by atoms with Gasteiger partial charge in [0.2, 0.25) is 0 Å². The largest absolute Gasteiger partial charge is 0.494 e. The molecular weight excluding hydrogens is 522 g/mol. The number of anilines is 2. The van der Waals surface area contributed by atoms with E-state index in [4.69, 9.17) is 9.72 Å². The van der Waals surface area contributed by atoms with E-state index in [0.717, 1.165) is 16.6 Å². The van der Waals surface area contributed by atoms with Gasteiger partial charge in [-0.15, -0.1) is 0 Å². The number of hydrogen-bond acceptors (Lipinski definition) is 7. The Morgan fingerprint density at radius 1 is 1.08 bits per heavy atom. The van der Waals surface area contributed by atoms with Gasteiger partial charge in [0.05, 0.1) is 18.7 Å². The molecule has 0 aliphatic rings. The molecule has 0 bridgehead atoms. The zero-order chi connectivity index (χ0) is 27.4. The monoisotopic (exact) mass is 548 g/mol. The summed E-state index contributed by atoms with van der Waals surface area (Å²) in [5, 5.41) is 8.72. The molecule has 0 saturated carbocycles. The third-order valence-electron chi connectivity index (χ3n) is 6.07. The first kappa shape index (κ1) is 26.4. The molecule has 11 heteroatoms. The van der Waals surface area contributed by atoms with Crippen molar-refractivity contribution in [3.8, 4) is 17.3 Å². The van der Waals surface area contributed by atoms with Gasteiger partial charge in [0, 0.05) is 75.7 Å². The molecule has 1 atom stereocenters. The first-order valence-corrected chi connectivity index (χ1v) is 14.0. The Morgan fingerprint density at radius 2 is 1.82 bits per heavy atom. The van der Waals surface area contributed by atoms with Crippen LogP contribution in [0.15, 0.2) is 67.1 Å². The minimum absolute atomic E-state index is 0.123. The normalized spacial score (nSPS) is 12.0. The average molecular weight is 549 g/mol. The Labute approximate surface area is 226 Å². The number of rotatable bonds is 10. The number of aromatic nitrogens is 5. The number of nitrogens with one attached hydrogen (secondary N) is 1. The highest BCUT2D eigenvalue weighted by atomic mass is 32.2. The molecule has 200 valence electrons. The van der Waals surface area contributed by atoms with E-state index in [2.05, 4.69) is 20.4 Å². The first-order valence-electron chi connectivity index (χ1n) is 12.3. The van der Waals surface area contributed by atoms with Gasteiger partial charge in [-0.1, -0.05) is 18.2 Å². The second-order valence-electron chi connectivity index (χ2n) is 8.78. The third-order valence-corrected chi connectivity index (χ3v) is 6.85. The second kappa shape index (κ2) is 11.6. The molecule has 0 aliphatic heterocycles. The van der Waals surface area contributed by atoms with Gasteiger partial charge >= 0.3 is 0 Å². The molecule has 2 aromatic carbocycles. The molecule has 5 aromatic rings.